The zero-order chi connectivity index (χ0) is 45.2. The van der Waals surface area contributed by atoms with Crippen molar-refractivity contribution in [1.82, 2.24) is 0 Å². The van der Waals surface area contributed by atoms with E-state index >= 15 is 0 Å². The number of hydrogen-bond donors (Lipinski definition) is 0. The molecule has 0 unspecified atom stereocenters. The Morgan fingerprint density at radius 2 is 0.587 bits per heavy atom. The maximum atomic E-state index is 9.68. The molecule has 0 amide bonds. The van der Waals surface area contributed by atoms with E-state index in [-0.39, 0.29) is 35.4 Å². The second-order valence-electron chi connectivity index (χ2n) is 16.1. The molecule has 0 bridgehead atoms. The van der Waals surface area contributed by atoms with Gasteiger partial charge in [0.15, 0.2) is 0 Å². The Morgan fingerprint density at radius 1 is 0.254 bits per heavy atom. The van der Waals surface area contributed by atoms with Crippen LogP contribution in [-0.4, -0.2) is 0 Å². The van der Waals surface area contributed by atoms with Gasteiger partial charge in [0.05, 0.1) is 10.9 Å². The minimum absolute atomic E-state index is 0.0976. The number of para-hydroxylation sites is 3. The number of benzene rings is 10. The van der Waals surface area contributed by atoms with E-state index in [1.165, 1.54) is 33.4 Å². The highest BCUT2D eigenvalue weighted by atomic mass is 15.1. The van der Waals surface area contributed by atoms with Gasteiger partial charge in [0, 0.05) is 34.1 Å². The summed E-state index contributed by atoms with van der Waals surface area (Å²) in [5.41, 5.74) is 16.6. The Balaban J connectivity index is 0.941. The molecule has 0 saturated heterocycles. The summed E-state index contributed by atoms with van der Waals surface area (Å²) in [5, 5.41) is 0. The van der Waals surface area contributed by atoms with Crippen molar-refractivity contribution in [3.05, 3.63) is 277 Å². The number of hydrogen-bond acceptors (Lipinski definition) is 2. The molecule has 0 aromatic heterocycles. The van der Waals surface area contributed by atoms with Gasteiger partial charge in [0.1, 0.15) is 0 Å². The van der Waals surface area contributed by atoms with Crippen LogP contribution in [0.2, 0.25) is 0 Å². The first-order valence-corrected chi connectivity index (χ1v) is 21.4. The molecule has 12 rings (SSSR count). The average Bonchev–Trinajstić information content (AvgIpc) is 3.86. The molecular weight excluding hydrogens is 761 g/mol. The molecule has 2 aliphatic carbocycles. The Kier molecular flexibility index (Phi) is 7.78. The molecule has 0 radical (unpaired) electrons. The van der Waals surface area contributed by atoms with Crippen LogP contribution >= 0.6 is 0 Å². The van der Waals surface area contributed by atoms with Crippen molar-refractivity contribution in [2.45, 2.75) is 5.41 Å². The number of rotatable bonds is 8. The lowest BCUT2D eigenvalue weighted by Gasteiger charge is -2.32. The highest BCUT2D eigenvalue weighted by molar-refractivity contribution is 5.96. The van der Waals surface area contributed by atoms with Crippen LogP contribution < -0.4 is 9.80 Å². The van der Waals surface area contributed by atoms with E-state index in [0.717, 1.165) is 50.7 Å². The SMILES string of the molecule is [2H]c1c([2H])c(N(c2ccccc2)c2ccc3c(c2)C2(c4ccccc4-c4ccccc42)c2ccccc2-3)c([2H])c([2H])c1-c1ccc(-c2ccc(N(c3ccccc3)c3ccccc3)cc2)cc1. The highest BCUT2D eigenvalue weighted by Gasteiger charge is 2.51. The zero-order valence-corrected chi connectivity index (χ0v) is 34.3. The molecule has 1 spiro atoms. The smallest absolute Gasteiger partial charge is 0.0726 e. The number of fused-ring (bicyclic) bond motifs is 10. The van der Waals surface area contributed by atoms with E-state index in [2.05, 4.69) is 144 Å². The van der Waals surface area contributed by atoms with Gasteiger partial charge in [-0.05, 0) is 140 Å². The lowest BCUT2D eigenvalue weighted by atomic mass is 9.70. The summed E-state index contributed by atoms with van der Waals surface area (Å²) in [6.45, 7) is 0. The lowest BCUT2D eigenvalue weighted by molar-refractivity contribution is 0.793. The van der Waals surface area contributed by atoms with Crippen LogP contribution in [0.5, 0.6) is 0 Å². The number of nitrogens with zero attached hydrogens (tertiary/aromatic N) is 2. The first kappa shape index (κ1) is 32.6. The van der Waals surface area contributed by atoms with Gasteiger partial charge in [0.25, 0.3) is 0 Å². The van der Waals surface area contributed by atoms with E-state index in [9.17, 15) is 5.48 Å². The largest absolute Gasteiger partial charge is 0.311 e. The first-order valence-electron chi connectivity index (χ1n) is 23.4. The third-order valence-corrected chi connectivity index (χ3v) is 12.7. The minimum Gasteiger partial charge on any atom is -0.311 e. The molecular formula is C61H42N2. The summed E-state index contributed by atoms with van der Waals surface area (Å²) in [6, 6.07) is 78.7. The van der Waals surface area contributed by atoms with Crippen LogP contribution in [0.15, 0.2) is 255 Å². The van der Waals surface area contributed by atoms with Crippen molar-refractivity contribution in [1.29, 1.82) is 0 Å². The van der Waals surface area contributed by atoms with Crippen LogP contribution in [0.25, 0.3) is 44.5 Å². The first-order chi connectivity index (χ1) is 32.9. The van der Waals surface area contributed by atoms with E-state index in [4.69, 9.17) is 0 Å². The second kappa shape index (κ2) is 15.1. The molecule has 2 aliphatic rings. The minimum atomic E-state index is -0.588. The van der Waals surface area contributed by atoms with Gasteiger partial charge >= 0.3 is 0 Å². The predicted molar refractivity (Wildman–Crippen MR) is 263 cm³/mol. The van der Waals surface area contributed by atoms with E-state index in [1.54, 1.807) is 0 Å². The van der Waals surface area contributed by atoms with Gasteiger partial charge in [-0.25, -0.2) is 0 Å². The average molecular weight is 807 g/mol. The molecule has 10 aromatic carbocycles. The second-order valence-corrected chi connectivity index (χ2v) is 16.1. The topological polar surface area (TPSA) is 6.48 Å². The van der Waals surface area contributed by atoms with Gasteiger partial charge in [-0.15, -0.1) is 0 Å². The molecule has 296 valence electrons. The zero-order valence-electron chi connectivity index (χ0n) is 38.3. The van der Waals surface area contributed by atoms with Crippen molar-refractivity contribution in [2.75, 3.05) is 9.80 Å². The normalized spacial score (nSPS) is 13.5. The highest BCUT2D eigenvalue weighted by Crippen LogP contribution is 2.63. The van der Waals surface area contributed by atoms with Crippen LogP contribution in [-0.2, 0) is 5.41 Å². The Labute approximate surface area is 374 Å². The Bertz CT molecular complexity index is 3370. The summed E-state index contributed by atoms with van der Waals surface area (Å²) in [7, 11) is 0. The fourth-order valence-electron chi connectivity index (χ4n) is 10.0. The van der Waals surface area contributed by atoms with Gasteiger partial charge in [-0.2, -0.15) is 0 Å². The molecule has 0 N–H and O–H groups in total. The monoisotopic (exact) mass is 806 g/mol. The van der Waals surface area contributed by atoms with Gasteiger partial charge in [0.2, 0.25) is 0 Å². The van der Waals surface area contributed by atoms with Crippen molar-refractivity contribution < 1.29 is 5.48 Å². The van der Waals surface area contributed by atoms with Crippen molar-refractivity contribution in [2.24, 2.45) is 0 Å². The standard InChI is InChI=1S/C61H42N2/c1-4-16-47(17-5-1)62(48-18-6-2-7-19-48)50-36-32-45(33-37-50)43-28-30-44(31-29-43)46-34-38-51(39-35-46)63(49-20-8-3-9-21-49)52-40-41-56-55-24-12-15-27-59(55)61(60(56)42-52)57-25-13-10-22-53(57)54-23-11-14-26-58(54)61/h1-42H/i34D,35D,38D,39D. The Morgan fingerprint density at radius 3 is 1.05 bits per heavy atom. The molecule has 2 nitrogen and oxygen atoms in total. The predicted octanol–water partition coefficient (Wildman–Crippen LogP) is 16.3. The molecule has 0 saturated carbocycles. The lowest BCUT2D eigenvalue weighted by Crippen LogP contribution is -2.26. The third kappa shape index (κ3) is 5.95. The van der Waals surface area contributed by atoms with Gasteiger partial charge in [-0.3, -0.25) is 0 Å². The molecule has 0 fully saturated rings. The van der Waals surface area contributed by atoms with Crippen LogP contribution in [0.1, 0.15) is 27.7 Å². The van der Waals surface area contributed by atoms with Crippen molar-refractivity contribution in [3.63, 3.8) is 0 Å². The van der Waals surface area contributed by atoms with E-state index in [1.807, 2.05) is 95.9 Å². The van der Waals surface area contributed by atoms with Crippen molar-refractivity contribution >= 4 is 34.1 Å². The number of anilines is 6. The summed E-state index contributed by atoms with van der Waals surface area (Å²) in [4.78, 5) is 4.13. The summed E-state index contributed by atoms with van der Waals surface area (Å²) in [6.07, 6.45) is 0. The van der Waals surface area contributed by atoms with Crippen molar-refractivity contribution in [3.8, 4) is 44.5 Å². The maximum Gasteiger partial charge on any atom is 0.0726 e. The van der Waals surface area contributed by atoms with Crippen LogP contribution in [0.3, 0.4) is 0 Å². The summed E-state index contributed by atoms with van der Waals surface area (Å²) < 4.78 is 38.4. The van der Waals surface area contributed by atoms with Crippen LogP contribution in [0, 0.1) is 0 Å². The fraction of sp³-hybridized carbons (Fsp3) is 0.0164. The fourth-order valence-corrected chi connectivity index (χ4v) is 10.0. The van der Waals surface area contributed by atoms with Gasteiger partial charge < -0.3 is 9.80 Å². The summed E-state index contributed by atoms with van der Waals surface area (Å²) in [5.74, 6) is 0. The molecule has 0 atom stereocenters. The molecule has 10 aromatic rings. The van der Waals surface area contributed by atoms with E-state index < -0.39 is 5.41 Å². The molecule has 2 heteroatoms. The quantitative estimate of drug-likeness (QED) is 0.151. The van der Waals surface area contributed by atoms with Crippen LogP contribution in [0.4, 0.5) is 34.1 Å². The Hall–Kier alpha value is -8.20. The molecule has 63 heavy (non-hydrogen) atoms. The van der Waals surface area contributed by atoms with Gasteiger partial charge in [-0.1, -0.05) is 182 Å². The molecule has 0 aliphatic heterocycles. The molecule has 0 heterocycles. The maximum absolute atomic E-state index is 9.68. The summed E-state index contributed by atoms with van der Waals surface area (Å²) >= 11 is 0. The van der Waals surface area contributed by atoms with E-state index in [0.29, 0.717) is 5.56 Å². The third-order valence-electron chi connectivity index (χ3n) is 12.7.